The third-order valence-corrected chi connectivity index (χ3v) is 5.04. The lowest BCUT2D eigenvalue weighted by Crippen LogP contribution is -2.38. The van der Waals surface area contributed by atoms with E-state index < -0.39 is 6.04 Å². The molecule has 1 N–H and O–H groups in total. The number of fused-ring (bicyclic) bond motifs is 1. The molecular formula is C21H16BrNO3. The van der Waals surface area contributed by atoms with Crippen LogP contribution in [0.2, 0.25) is 0 Å². The van der Waals surface area contributed by atoms with Crippen LogP contribution in [-0.4, -0.2) is 24.5 Å². The molecule has 0 aromatic heterocycles. The van der Waals surface area contributed by atoms with Gasteiger partial charge in [-0.05, 0) is 40.1 Å². The molecule has 1 amide bonds. The first kappa shape index (κ1) is 16.8. The zero-order valence-corrected chi connectivity index (χ0v) is 15.5. The van der Waals surface area contributed by atoms with Crippen molar-refractivity contribution >= 4 is 38.6 Å². The van der Waals surface area contributed by atoms with Crippen LogP contribution in [0, 0.1) is 0 Å². The minimum atomic E-state index is -0.577. The van der Waals surface area contributed by atoms with Crippen molar-refractivity contribution in [2.24, 2.45) is 0 Å². The Bertz CT molecular complexity index is 1010. The molecule has 0 aliphatic carbocycles. The summed E-state index contributed by atoms with van der Waals surface area (Å²) in [7, 11) is 0. The fourth-order valence-electron chi connectivity index (χ4n) is 3.26. The number of hydrogen-bond donors (Lipinski definition) is 1. The molecule has 0 saturated carbocycles. The molecule has 0 bridgehead atoms. The number of hydrogen-bond acceptors (Lipinski definition) is 3. The number of carbonyl (C=O) groups is 2. The van der Waals surface area contributed by atoms with E-state index in [1.165, 1.54) is 0 Å². The van der Waals surface area contributed by atoms with Gasteiger partial charge in [-0.3, -0.25) is 4.79 Å². The minimum Gasteiger partial charge on any atom is -0.464 e. The lowest BCUT2D eigenvalue weighted by Gasteiger charge is -2.14. The Morgan fingerprint density at radius 1 is 1.04 bits per heavy atom. The van der Waals surface area contributed by atoms with E-state index >= 15 is 0 Å². The number of nitrogens with one attached hydrogen (secondary N) is 1. The molecular weight excluding hydrogens is 394 g/mol. The van der Waals surface area contributed by atoms with Crippen molar-refractivity contribution in [3.8, 4) is 11.1 Å². The summed E-state index contributed by atoms with van der Waals surface area (Å²) in [5.74, 6) is -0.647. The van der Waals surface area contributed by atoms with Gasteiger partial charge in [0.2, 0.25) is 0 Å². The number of esters is 1. The quantitative estimate of drug-likeness (QED) is 0.655. The molecule has 1 saturated heterocycles. The maximum Gasteiger partial charge on any atom is 0.328 e. The number of benzene rings is 3. The number of rotatable bonds is 3. The zero-order chi connectivity index (χ0) is 18.1. The number of amides is 1. The van der Waals surface area contributed by atoms with E-state index in [9.17, 15) is 9.59 Å². The van der Waals surface area contributed by atoms with Crippen LogP contribution < -0.4 is 5.32 Å². The molecule has 4 nitrogen and oxygen atoms in total. The third kappa shape index (κ3) is 3.10. The van der Waals surface area contributed by atoms with Crippen LogP contribution in [0.25, 0.3) is 21.9 Å². The predicted octanol–water partition coefficient (Wildman–Crippen LogP) is 4.31. The summed E-state index contributed by atoms with van der Waals surface area (Å²) in [5.41, 5.74) is 2.33. The molecule has 5 heteroatoms. The smallest absolute Gasteiger partial charge is 0.328 e. The summed E-state index contributed by atoms with van der Waals surface area (Å²) >= 11 is 3.50. The Balaban J connectivity index is 1.80. The molecule has 1 atom stereocenters. The molecule has 1 heterocycles. The summed E-state index contributed by atoms with van der Waals surface area (Å²) in [4.78, 5) is 24.5. The summed E-state index contributed by atoms with van der Waals surface area (Å²) in [6.45, 7) is 0.348. The van der Waals surface area contributed by atoms with Gasteiger partial charge in [-0.15, -0.1) is 0 Å². The highest BCUT2D eigenvalue weighted by Gasteiger charge is 2.29. The standard InChI is InChI=1S/C21H16BrNO3/c22-14-8-9-17(20(24)23-19-10-11-26-21(19)25)18(12-14)16-7-3-5-13-4-1-2-6-15(13)16/h1-9,12,19H,10-11H2,(H,23,24)/t19-/m0/s1. The van der Waals surface area contributed by atoms with Crippen LogP contribution in [0.4, 0.5) is 0 Å². The Morgan fingerprint density at radius 3 is 2.65 bits per heavy atom. The van der Waals surface area contributed by atoms with E-state index in [4.69, 9.17) is 4.74 Å². The zero-order valence-electron chi connectivity index (χ0n) is 13.9. The van der Waals surface area contributed by atoms with E-state index in [0.29, 0.717) is 18.6 Å². The maximum atomic E-state index is 12.9. The molecule has 130 valence electrons. The average Bonchev–Trinajstić information content (AvgIpc) is 3.05. The fourth-order valence-corrected chi connectivity index (χ4v) is 3.62. The first-order valence-corrected chi connectivity index (χ1v) is 9.18. The van der Waals surface area contributed by atoms with Crippen molar-refractivity contribution in [1.29, 1.82) is 0 Å². The van der Waals surface area contributed by atoms with Crippen LogP contribution in [0.1, 0.15) is 16.8 Å². The fraction of sp³-hybridized carbons (Fsp3) is 0.143. The Kier molecular flexibility index (Phi) is 4.47. The van der Waals surface area contributed by atoms with Gasteiger partial charge in [0.25, 0.3) is 5.91 Å². The second kappa shape index (κ2) is 6.92. The van der Waals surface area contributed by atoms with Crippen LogP contribution in [-0.2, 0) is 9.53 Å². The van der Waals surface area contributed by atoms with Gasteiger partial charge < -0.3 is 10.1 Å². The Morgan fingerprint density at radius 2 is 1.85 bits per heavy atom. The van der Waals surface area contributed by atoms with Crippen molar-refractivity contribution in [1.82, 2.24) is 5.32 Å². The predicted molar refractivity (Wildman–Crippen MR) is 104 cm³/mol. The molecule has 1 aliphatic heterocycles. The lowest BCUT2D eigenvalue weighted by molar-refractivity contribution is -0.139. The number of halogens is 1. The monoisotopic (exact) mass is 409 g/mol. The molecule has 0 radical (unpaired) electrons. The van der Waals surface area contributed by atoms with Crippen molar-refractivity contribution in [2.45, 2.75) is 12.5 Å². The third-order valence-electron chi connectivity index (χ3n) is 4.55. The molecule has 4 rings (SSSR count). The molecule has 0 spiro atoms. The number of carbonyl (C=O) groups excluding carboxylic acids is 2. The molecule has 1 fully saturated rings. The molecule has 26 heavy (non-hydrogen) atoms. The molecule has 1 aliphatic rings. The summed E-state index contributed by atoms with van der Waals surface area (Å²) < 4.78 is 5.82. The van der Waals surface area contributed by atoms with E-state index in [-0.39, 0.29) is 11.9 Å². The van der Waals surface area contributed by atoms with Gasteiger partial charge >= 0.3 is 5.97 Å². The average molecular weight is 410 g/mol. The summed E-state index contributed by atoms with van der Waals surface area (Å²) in [5, 5.41) is 4.97. The summed E-state index contributed by atoms with van der Waals surface area (Å²) in [6.07, 6.45) is 0.505. The topological polar surface area (TPSA) is 55.4 Å². The summed E-state index contributed by atoms with van der Waals surface area (Å²) in [6, 6.07) is 19.1. The van der Waals surface area contributed by atoms with Gasteiger partial charge in [-0.2, -0.15) is 0 Å². The van der Waals surface area contributed by atoms with Crippen molar-refractivity contribution in [2.75, 3.05) is 6.61 Å². The van der Waals surface area contributed by atoms with E-state index in [1.807, 2.05) is 54.6 Å². The SMILES string of the molecule is O=C(N[C@H]1CCOC1=O)c1ccc(Br)cc1-c1cccc2ccccc12. The van der Waals surface area contributed by atoms with Crippen LogP contribution >= 0.6 is 15.9 Å². The second-order valence-electron chi connectivity index (χ2n) is 6.20. The molecule has 3 aromatic rings. The number of ether oxygens (including phenoxy) is 1. The second-order valence-corrected chi connectivity index (χ2v) is 7.11. The van der Waals surface area contributed by atoms with Gasteiger partial charge in [-0.25, -0.2) is 4.79 Å². The highest BCUT2D eigenvalue weighted by atomic mass is 79.9. The minimum absolute atomic E-state index is 0.274. The van der Waals surface area contributed by atoms with Crippen molar-refractivity contribution < 1.29 is 14.3 Å². The van der Waals surface area contributed by atoms with Crippen LogP contribution in [0.15, 0.2) is 65.1 Å². The maximum absolute atomic E-state index is 12.9. The largest absolute Gasteiger partial charge is 0.464 e. The van der Waals surface area contributed by atoms with E-state index in [1.54, 1.807) is 6.07 Å². The van der Waals surface area contributed by atoms with E-state index in [0.717, 1.165) is 26.4 Å². The highest BCUT2D eigenvalue weighted by molar-refractivity contribution is 9.10. The van der Waals surface area contributed by atoms with Gasteiger partial charge in [0.05, 0.1) is 6.61 Å². The van der Waals surface area contributed by atoms with Gasteiger partial charge in [0.15, 0.2) is 0 Å². The molecule has 3 aromatic carbocycles. The first-order valence-electron chi connectivity index (χ1n) is 8.39. The van der Waals surface area contributed by atoms with Crippen molar-refractivity contribution in [3.05, 3.63) is 70.7 Å². The highest BCUT2D eigenvalue weighted by Crippen LogP contribution is 2.33. The van der Waals surface area contributed by atoms with E-state index in [2.05, 4.69) is 21.2 Å². The normalized spacial score (nSPS) is 16.5. The van der Waals surface area contributed by atoms with Crippen molar-refractivity contribution in [3.63, 3.8) is 0 Å². The Labute approximate surface area is 159 Å². The van der Waals surface area contributed by atoms with Gasteiger partial charge in [0, 0.05) is 16.5 Å². The van der Waals surface area contributed by atoms with Crippen LogP contribution in [0.3, 0.4) is 0 Å². The number of cyclic esters (lactones) is 1. The molecule has 0 unspecified atom stereocenters. The Hall–Kier alpha value is -2.66. The van der Waals surface area contributed by atoms with Crippen LogP contribution in [0.5, 0.6) is 0 Å². The first-order chi connectivity index (χ1) is 12.6. The van der Waals surface area contributed by atoms with Gasteiger partial charge in [0.1, 0.15) is 6.04 Å². The lowest BCUT2D eigenvalue weighted by atomic mass is 9.94. The van der Waals surface area contributed by atoms with Gasteiger partial charge in [-0.1, -0.05) is 58.4 Å².